The molecule has 0 N–H and O–H groups in total. The lowest BCUT2D eigenvalue weighted by Gasteiger charge is -2.06. The third-order valence-corrected chi connectivity index (χ3v) is 3.45. The second-order valence-corrected chi connectivity index (χ2v) is 4.96. The topological polar surface area (TPSA) is 9.23 Å². The van der Waals surface area contributed by atoms with E-state index < -0.39 is 0 Å². The van der Waals surface area contributed by atoms with Crippen LogP contribution in [0.5, 0.6) is 0 Å². The quantitative estimate of drug-likeness (QED) is 0.544. The molecule has 1 aliphatic carbocycles. The monoisotopic (exact) mass is 256 g/mol. The van der Waals surface area contributed by atoms with Gasteiger partial charge in [0, 0.05) is 6.61 Å². The van der Waals surface area contributed by atoms with Crippen molar-refractivity contribution in [1.82, 2.24) is 0 Å². The number of hydrogen-bond donors (Lipinski definition) is 0. The van der Waals surface area contributed by atoms with Gasteiger partial charge in [-0.05, 0) is 23.6 Å². The molecule has 3 rings (SSSR count). The molecule has 0 unspecified atom stereocenters. The highest BCUT2D eigenvalue weighted by Gasteiger charge is 2.00. The molecule has 1 aromatic carbocycles. The van der Waals surface area contributed by atoms with Crippen LogP contribution in [-0.2, 0) is 4.43 Å². The maximum absolute atomic E-state index is 5.10. The van der Waals surface area contributed by atoms with E-state index in [4.69, 9.17) is 4.43 Å². The molecule has 1 saturated heterocycles. The zero-order chi connectivity index (χ0) is 13.1. The molecule has 18 heavy (non-hydrogen) atoms. The molecule has 1 nitrogen and oxygen atoms in total. The molecule has 0 spiro atoms. The maximum atomic E-state index is 5.10. The molecule has 94 valence electrons. The Morgan fingerprint density at radius 2 is 1.61 bits per heavy atom. The zero-order valence-electron chi connectivity index (χ0n) is 10.8. The van der Waals surface area contributed by atoms with Crippen LogP contribution in [0, 0.1) is 0 Å². The maximum Gasteiger partial charge on any atom is 0.229 e. The van der Waals surface area contributed by atoms with Crippen LogP contribution < -0.4 is 0 Å². The highest BCUT2D eigenvalue weighted by atomic mass is 28.2. The zero-order valence-corrected chi connectivity index (χ0v) is 11.8. The fraction of sp³-hybridized carbons (Fsp3) is 0.250. The number of rotatable bonds is 1. The molecule has 2 aliphatic rings. The molecule has 0 aromatic heterocycles. The predicted molar refractivity (Wildman–Crippen MR) is 81.5 cm³/mol. The number of allylic oxidation sites excluding steroid dienone is 2. The molecule has 2 radical (unpaired) electrons. The predicted octanol–water partition coefficient (Wildman–Crippen LogP) is 4.36. The van der Waals surface area contributed by atoms with E-state index in [9.17, 15) is 0 Å². The van der Waals surface area contributed by atoms with Crippen molar-refractivity contribution in [3.8, 4) is 0 Å². The van der Waals surface area contributed by atoms with Gasteiger partial charge in [0.1, 0.15) is 0 Å². The van der Waals surface area contributed by atoms with E-state index in [1.165, 1.54) is 30.0 Å². The van der Waals surface area contributed by atoms with Crippen molar-refractivity contribution in [2.24, 2.45) is 0 Å². The Balaban J connectivity index is 0.000000145. The average Bonchev–Trinajstić information content (AvgIpc) is 2.43. The van der Waals surface area contributed by atoms with Crippen molar-refractivity contribution in [1.29, 1.82) is 0 Å². The fourth-order valence-corrected chi connectivity index (χ4v) is 2.24. The largest absolute Gasteiger partial charge is 0.417 e. The van der Waals surface area contributed by atoms with Crippen molar-refractivity contribution in [3.63, 3.8) is 0 Å². The normalized spacial score (nSPS) is 14.7. The Hall–Kier alpha value is -1.38. The summed E-state index contributed by atoms with van der Waals surface area (Å²) in [5.74, 6) is 0. The lowest BCUT2D eigenvalue weighted by atomic mass is 9.99. The van der Waals surface area contributed by atoms with Gasteiger partial charge in [-0.1, -0.05) is 68.1 Å². The third kappa shape index (κ3) is 5.80. The summed E-state index contributed by atoms with van der Waals surface area (Å²) >= 11 is 0. The Kier molecular flexibility index (Phi) is 7.85. The van der Waals surface area contributed by atoms with Crippen LogP contribution in [0.4, 0.5) is 0 Å². The standard InChI is InChI=1S/C8H6.C4H8OSi.C4H6/c1-2-4-8-6-5-7(8)3-1;1-2-4-6-5-3-1;1-3-4-2/h1-6H;1-4H2;3-4H,1-2H2. The number of hydrogen-bond acceptors (Lipinski definition) is 1. The summed E-state index contributed by atoms with van der Waals surface area (Å²) in [5, 5.41) is 0. The Labute approximate surface area is 113 Å². The average molecular weight is 256 g/mol. The molecule has 0 amide bonds. The Bertz CT molecular complexity index is 349. The molecule has 0 saturated carbocycles. The molecule has 1 aromatic rings. The van der Waals surface area contributed by atoms with Gasteiger partial charge in [-0.2, -0.15) is 0 Å². The summed E-state index contributed by atoms with van der Waals surface area (Å²) in [4.78, 5) is 0. The first kappa shape index (κ1) is 14.7. The first-order valence-corrected chi connectivity index (χ1v) is 7.35. The van der Waals surface area contributed by atoms with Gasteiger partial charge in [0.05, 0.1) is 0 Å². The summed E-state index contributed by atoms with van der Waals surface area (Å²) in [7, 11) is 0.802. The van der Waals surface area contributed by atoms with Gasteiger partial charge in [-0.15, -0.1) is 0 Å². The van der Waals surface area contributed by atoms with E-state index in [0.29, 0.717) is 0 Å². The van der Waals surface area contributed by atoms with E-state index in [1.54, 1.807) is 12.2 Å². The minimum atomic E-state index is 0.802. The second kappa shape index (κ2) is 9.63. The summed E-state index contributed by atoms with van der Waals surface area (Å²) in [6, 6.07) is 9.66. The van der Waals surface area contributed by atoms with Gasteiger partial charge in [0.2, 0.25) is 9.76 Å². The van der Waals surface area contributed by atoms with Crippen LogP contribution in [0.3, 0.4) is 0 Å². The van der Waals surface area contributed by atoms with Crippen LogP contribution in [0.1, 0.15) is 24.0 Å². The highest BCUT2D eigenvalue weighted by molar-refractivity contribution is 6.27. The fourth-order valence-electron chi connectivity index (χ4n) is 1.41. The lowest BCUT2D eigenvalue weighted by molar-refractivity contribution is 0.304. The SMILES string of the molecule is C1=Cc2ccccc21.C1CC[Si]OC1.C=CC=C. The molecular weight excluding hydrogens is 236 g/mol. The smallest absolute Gasteiger partial charge is 0.229 e. The lowest BCUT2D eigenvalue weighted by Crippen LogP contribution is -2.06. The molecule has 1 heterocycles. The summed E-state index contributed by atoms with van der Waals surface area (Å²) in [6.45, 7) is 7.73. The molecule has 1 aliphatic heterocycles. The molecular formula is C16H20OSi. The van der Waals surface area contributed by atoms with Gasteiger partial charge >= 0.3 is 0 Å². The van der Waals surface area contributed by atoms with Crippen LogP contribution in [-0.4, -0.2) is 16.4 Å². The number of fused-ring (bicyclic) bond motifs is 1. The van der Waals surface area contributed by atoms with Crippen LogP contribution in [0.15, 0.2) is 49.6 Å². The van der Waals surface area contributed by atoms with Crippen molar-refractivity contribution < 1.29 is 4.43 Å². The Morgan fingerprint density at radius 1 is 1.00 bits per heavy atom. The van der Waals surface area contributed by atoms with Crippen LogP contribution >= 0.6 is 0 Å². The highest BCUT2D eigenvalue weighted by Crippen LogP contribution is 2.21. The van der Waals surface area contributed by atoms with Gasteiger partial charge in [-0.25, -0.2) is 0 Å². The summed E-state index contributed by atoms with van der Waals surface area (Å²) < 4.78 is 5.10. The van der Waals surface area contributed by atoms with Gasteiger partial charge in [0.25, 0.3) is 0 Å². The first-order valence-electron chi connectivity index (χ1n) is 6.23. The van der Waals surface area contributed by atoms with Gasteiger partial charge in [-0.3, -0.25) is 0 Å². The minimum absolute atomic E-state index is 0.802. The van der Waals surface area contributed by atoms with Crippen molar-refractivity contribution >= 4 is 21.9 Å². The van der Waals surface area contributed by atoms with Crippen molar-refractivity contribution in [2.75, 3.05) is 6.61 Å². The van der Waals surface area contributed by atoms with E-state index in [-0.39, 0.29) is 0 Å². The van der Waals surface area contributed by atoms with E-state index in [1.807, 2.05) is 0 Å². The van der Waals surface area contributed by atoms with Gasteiger partial charge < -0.3 is 4.43 Å². The van der Waals surface area contributed by atoms with E-state index in [0.717, 1.165) is 16.4 Å². The van der Waals surface area contributed by atoms with Gasteiger partial charge in [0.15, 0.2) is 0 Å². The van der Waals surface area contributed by atoms with E-state index >= 15 is 0 Å². The molecule has 0 bridgehead atoms. The van der Waals surface area contributed by atoms with Crippen molar-refractivity contribution in [2.45, 2.75) is 18.9 Å². The first-order chi connectivity index (χ1) is 8.88. The molecule has 2 heteroatoms. The number of benzene rings is 1. The minimum Gasteiger partial charge on any atom is -0.417 e. The molecule has 1 fully saturated rings. The summed E-state index contributed by atoms with van der Waals surface area (Å²) in [6.07, 6.45) is 10.2. The van der Waals surface area contributed by atoms with E-state index in [2.05, 4.69) is 49.6 Å². The Morgan fingerprint density at radius 3 is 1.78 bits per heavy atom. The second-order valence-electron chi connectivity index (χ2n) is 3.88. The van der Waals surface area contributed by atoms with Crippen molar-refractivity contribution in [3.05, 3.63) is 60.7 Å². The van der Waals surface area contributed by atoms with Crippen LogP contribution in [0.2, 0.25) is 6.04 Å². The third-order valence-electron chi connectivity index (χ3n) is 2.48. The summed E-state index contributed by atoms with van der Waals surface area (Å²) in [5.41, 5.74) is 2.74. The molecule has 0 atom stereocenters. The van der Waals surface area contributed by atoms with Crippen LogP contribution in [0.25, 0.3) is 12.2 Å².